The maximum atomic E-state index is 14.8. The summed E-state index contributed by atoms with van der Waals surface area (Å²) in [6.07, 6.45) is -4.57. The lowest BCUT2D eigenvalue weighted by atomic mass is 9.93. The van der Waals surface area contributed by atoms with E-state index in [-0.39, 0.29) is 33.6 Å². The molecule has 1 amide bonds. The summed E-state index contributed by atoms with van der Waals surface area (Å²) in [4.78, 5) is 14.9. The highest BCUT2D eigenvalue weighted by Gasteiger charge is 2.36. The summed E-state index contributed by atoms with van der Waals surface area (Å²) in [7, 11) is 1.50. The number of methoxy groups -OCH3 is 1. The fourth-order valence-corrected chi connectivity index (χ4v) is 4.12. The van der Waals surface area contributed by atoms with Crippen LogP contribution in [0.2, 0.25) is 5.02 Å². The van der Waals surface area contributed by atoms with Crippen molar-refractivity contribution >= 4 is 40.5 Å². The summed E-state index contributed by atoms with van der Waals surface area (Å²) < 4.78 is 59.1. The van der Waals surface area contributed by atoms with Crippen LogP contribution in [0.4, 0.5) is 23.2 Å². The molecule has 2 aromatic rings. The summed E-state index contributed by atoms with van der Waals surface area (Å²) in [5.74, 6) is -1.39. The second-order valence-electron chi connectivity index (χ2n) is 7.19. The number of thiocarbonyl (C=S) groups is 1. The highest BCUT2D eigenvalue weighted by molar-refractivity contribution is 7.80. The van der Waals surface area contributed by atoms with Gasteiger partial charge in [0.15, 0.2) is 5.11 Å². The van der Waals surface area contributed by atoms with Gasteiger partial charge in [-0.1, -0.05) is 23.7 Å². The van der Waals surface area contributed by atoms with E-state index in [9.17, 15) is 22.4 Å². The monoisotopic (exact) mass is 501 g/mol. The number of hydrogen-bond acceptors (Lipinski definition) is 3. The quantitative estimate of drug-likeness (QED) is 0.416. The number of benzene rings is 2. The molecule has 0 aliphatic carbocycles. The van der Waals surface area contributed by atoms with E-state index in [4.69, 9.17) is 28.6 Å². The van der Waals surface area contributed by atoms with Gasteiger partial charge in [-0.15, -0.1) is 0 Å². The van der Waals surface area contributed by atoms with E-state index in [0.717, 1.165) is 12.1 Å². The molecule has 5 nitrogen and oxygen atoms in total. The van der Waals surface area contributed by atoms with Crippen LogP contribution in [-0.2, 0) is 15.7 Å². The average molecular weight is 502 g/mol. The molecule has 1 aliphatic rings. The zero-order valence-electron chi connectivity index (χ0n) is 17.6. The third-order valence-corrected chi connectivity index (χ3v) is 5.76. The topological polar surface area (TPSA) is 53.6 Å². The van der Waals surface area contributed by atoms with Crippen LogP contribution < -0.4 is 10.6 Å². The van der Waals surface area contributed by atoms with Crippen LogP contribution >= 0.6 is 23.8 Å². The van der Waals surface area contributed by atoms with E-state index in [0.29, 0.717) is 12.2 Å². The van der Waals surface area contributed by atoms with Crippen molar-refractivity contribution in [1.29, 1.82) is 0 Å². The van der Waals surface area contributed by atoms with Crippen molar-refractivity contribution in [1.82, 2.24) is 10.2 Å². The standard InChI is InChI=1S/C22H20ClF4N3O2S/c1-12-17(20(31)28-14-6-3-5-13(11-14)22(25,26)27)19(18-15(23)7-4-8-16(18)24)29-21(33)30(12)9-10-32-2/h3-8,11,19H,9-10H2,1-2H3,(H,28,31)(H,29,33)/t19-/m1/s1. The Morgan fingerprint density at radius 3 is 2.61 bits per heavy atom. The molecule has 11 heteroatoms. The van der Waals surface area contributed by atoms with Crippen LogP contribution in [0.25, 0.3) is 0 Å². The molecule has 0 unspecified atom stereocenters. The summed E-state index contributed by atoms with van der Waals surface area (Å²) in [5, 5.41) is 5.71. The number of hydrogen-bond donors (Lipinski definition) is 2. The number of anilines is 1. The molecule has 3 rings (SSSR count). The van der Waals surface area contributed by atoms with E-state index < -0.39 is 29.5 Å². The molecule has 1 aliphatic heterocycles. The number of carbonyl (C=O) groups is 1. The van der Waals surface area contributed by atoms with Crippen molar-refractivity contribution in [2.24, 2.45) is 0 Å². The fourth-order valence-electron chi connectivity index (χ4n) is 3.50. The second kappa shape index (κ2) is 10.1. The van der Waals surface area contributed by atoms with E-state index in [1.165, 1.54) is 37.4 Å². The maximum absolute atomic E-state index is 14.8. The van der Waals surface area contributed by atoms with Gasteiger partial charge in [0.05, 0.1) is 23.8 Å². The Hall–Kier alpha value is -2.69. The van der Waals surface area contributed by atoms with Gasteiger partial charge in [-0.2, -0.15) is 13.2 Å². The first-order chi connectivity index (χ1) is 15.5. The molecule has 2 aromatic carbocycles. The molecule has 0 bridgehead atoms. The summed E-state index contributed by atoms with van der Waals surface area (Å²) in [5.41, 5.74) is -0.523. The number of carbonyl (C=O) groups excluding carboxylic acids is 1. The molecular weight excluding hydrogens is 482 g/mol. The first-order valence-corrected chi connectivity index (χ1v) is 10.5. The predicted octanol–water partition coefficient (Wildman–Crippen LogP) is 5.29. The van der Waals surface area contributed by atoms with Crippen molar-refractivity contribution in [3.8, 4) is 0 Å². The molecule has 33 heavy (non-hydrogen) atoms. The minimum absolute atomic E-state index is 0.00134. The van der Waals surface area contributed by atoms with Crippen molar-refractivity contribution in [3.05, 3.63) is 75.7 Å². The second-order valence-corrected chi connectivity index (χ2v) is 7.99. The molecule has 0 radical (unpaired) electrons. The van der Waals surface area contributed by atoms with Gasteiger partial charge in [-0.05, 0) is 49.5 Å². The number of rotatable bonds is 6. The Bertz CT molecular complexity index is 1090. The van der Waals surface area contributed by atoms with Crippen LogP contribution in [-0.4, -0.2) is 36.2 Å². The van der Waals surface area contributed by atoms with Crippen LogP contribution in [0.3, 0.4) is 0 Å². The third-order valence-electron chi connectivity index (χ3n) is 5.10. The first-order valence-electron chi connectivity index (χ1n) is 9.74. The minimum Gasteiger partial charge on any atom is -0.383 e. The number of nitrogens with one attached hydrogen (secondary N) is 2. The molecule has 0 saturated carbocycles. The molecule has 176 valence electrons. The van der Waals surface area contributed by atoms with Gasteiger partial charge < -0.3 is 20.3 Å². The van der Waals surface area contributed by atoms with Gasteiger partial charge in [-0.25, -0.2) is 4.39 Å². The van der Waals surface area contributed by atoms with Crippen molar-refractivity contribution in [2.75, 3.05) is 25.6 Å². The van der Waals surface area contributed by atoms with Crippen LogP contribution in [0.5, 0.6) is 0 Å². The highest BCUT2D eigenvalue weighted by atomic mass is 35.5. The zero-order chi connectivity index (χ0) is 24.3. The number of alkyl halides is 3. The van der Waals surface area contributed by atoms with Gasteiger partial charge in [0.2, 0.25) is 0 Å². The van der Waals surface area contributed by atoms with E-state index >= 15 is 0 Å². The lowest BCUT2D eigenvalue weighted by molar-refractivity contribution is -0.137. The summed E-state index contributed by atoms with van der Waals surface area (Å²) in [6, 6.07) is 7.27. The predicted molar refractivity (Wildman–Crippen MR) is 121 cm³/mol. The number of halogens is 5. The van der Waals surface area contributed by atoms with Crippen molar-refractivity contribution in [2.45, 2.75) is 19.1 Å². The van der Waals surface area contributed by atoms with Crippen LogP contribution in [0.1, 0.15) is 24.1 Å². The van der Waals surface area contributed by atoms with E-state index in [1.807, 2.05) is 0 Å². The van der Waals surface area contributed by atoms with Gasteiger partial charge in [0, 0.05) is 35.6 Å². The minimum atomic E-state index is -4.57. The largest absolute Gasteiger partial charge is 0.416 e. The van der Waals surface area contributed by atoms with Crippen LogP contribution in [0.15, 0.2) is 53.7 Å². The van der Waals surface area contributed by atoms with Crippen LogP contribution in [0, 0.1) is 5.82 Å². The van der Waals surface area contributed by atoms with Gasteiger partial charge in [0.1, 0.15) is 5.82 Å². The molecular formula is C22H20ClF4N3O2S. The average Bonchev–Trinajstić information content (AvgIpc) is 2.73. The van der Waals surface area contributed by atoms with Gasteiger partial charge in [0.25, 0.3) is 5.91 Å². The smallest absolute Gasteiger partial charge is 0.383 e. The van der Waals surface area contributed by atoms with Gasteiger partial charge in [-0.3, -0.25) is 4.79 Å². The Balaban J connectivity index is 2.06. The lowest BCUT2D eigenvalue weighted by Gasteiger charge is -2.38. The Morgan fingerprint density at radius 2 is 1.97 bits per heavy atom. The Labute approximate surface area is 198 Å². The molecule has 0 aromatic heterocycles. The first kappa shape index (κ1) is 24.9. The van der Waals surface area contributed by atoms with Crippen molar-refractivity contribution < 1.29 is 27.1 Å². The highest BCUT2D eigenvalue weighted by Crippen LogP contribution is 2.37. The fraction of sp³-hybridized carbons (Fsp3) is 0.273. The summed E-state index contributed by atoms with van der Waals surface area (Å²) >= 11 is 11.7. The van der Waals surface area contributed by atoms with E-state index in [1.54, 1.807) is 11.8 Å². The maximum Gasteiger partial charge on any atom is 0.416 e. The number of nitrogens with zero attached hydrogens (tertiary/aromatic N) is 1. The zero-order valence-corrected chi connectivity index (χ0v) is 19.2. The third kappa shape index (κ3) is 5.45. The molecule has 1 atom stereocenters. The molecule has 0 saturated heterocycles. The molecule has 0 spiro atoms. The molecule has 2 N–H and O–H groups in total. The summed E-state index contributed by atoms with van der Waals surface area (Å²) in [6.45, 7) is 2.20. The SMILES string of the molecule is COCCN1C(=S)N[C@@H](c2c(F)cccc2Cl)C(C(=O)Nc2cccc(C(F)(F)F)c2)=C1C. The number of ether oxygens (including phenoxy) is 1. The van der Waals surface area contributed by atoms with Gasteiger partial charge >= 0.3 is 6.18 Å². The number of allylic oxidation sites excluding steroid dienone is 1. The molecule has 0 fully saturated rings. The number of amides is 1. The lowest BCUT2D eigenvalue weighted by Crippen LogP contribution is -2.49. The van der Waals surface area contributed by atoms with Crippen molar-refractivity contribution in [3.63, 3.8) is 0 Å². The Kier molecular flexibility index (Phi) is 7.61. The van der Waals surface area contributed by atoms with E-state index in [2.05, 4.69) is 10.6 Å². The Morgan fingerprint density at radius 1 is 1.27 bits per heavy atom. The normalized spacial score (nSPS) is 16.6. The molecule has 1 heterocycles.